The highest BCUT2D eigenvalue weighted by atomic mass is 127. The van der Waals surface area contributed by atoms with Crippen LogP contribution in [0.25, 0.3) is 0 Å². The van der Waals surface area contributed by atoms with E-state index in [1.54, 1.807) is 12.4 Å². The molecule has 1 heterocycles. The molecule has 0 aliphatic rings. The van der Waals surface area contributed by atoms with Crippen LogP contribution in [-0.4, -0.2) is 9.97 Å². The Morgan fingerprint density at radius 3 is 2.38 bits per heavy atom. The Bertz CT molecular complexity index is 442. The molecule has 0 saturated carbocycles. The first kappa shape index (κ1) is 11.5. The lowest BCUT2D eigenvalue weighted by Gasteiger charge is -2.10. The number of hydrogen-bond donors (Lipinski definition) is 1. The van der Waals surface area contributed by atoms with Gasteiger partial charge in [-0.2, -0.15) is 0 Å². The number of rotatable bonds is 3. The summed E-state index contributed by atoms with van der Waals surface area (Å²) in [7, 11) is 0. The average Bonchev–Trinajstić information content (AvgIpc) is 2.33. The zero-order valence-corrected chi connectivity index (χ0v) is 10.8. The van der Waals surface area contributed by atoms with Crippen LogP contribution in [-0.2, 0) is 6.42 Å². The molecule has 4 heteroatoms. The molecule has 16 heavy (non-hydrogen) atoms. The van der Waals surface area contributed by atoms with Crippen molar-refractivity contribution < 1.29 is 0 Å². The highest BCUT2D eigenvalue weighted by molar-refractivity contribution is 14.1. The Hall–Kier alpha value is -1.01. The van der Waals surface area contributed by atoms with Crippen LogP contribution in [0.4, 0.5) is 0 Å². The molecule has 3 nitrogen and oxygen atoms in total. The van der Waals surface area contributed by atoms with Gasteiger partial charge in [-0.1, -0.05) is 12.1 Å². The minimum atomic E-state index is -0.0405. The summed E-state index contributed by atoms with van der Waals surface area (Å²) in [6.07, 6.45) is 5.86. The van der Waals surface area contributed by atoms with Gasteiger partial charge in [0.2, 0.25) is 0 Å². The van der Waals surface area contributed by atoms with Crippen molar-refractivity contribution in [3.63, 3.8) is 0 Å². The molecule has 0 saturated heterocycles. The maximum atomic E-state index is 6.08. The molecule has 0 aliphatic carbocycles. The van der Waals surface area contributed by atoms with Crippen molar-refractivity contribution in [3.05, 3.63) is 57.7 Å². The van der Waals surface area contributed by atoms with Crippen molar-refractivity contribution in [2.75, 3.05) is 0 Å². The predicted octanol–water partition coefficient (Wildman–Crippen LogP) is 2.32. The molecule has 2 N–H and O–H groups in total. The van der Waals surface area contributed by atoms with Crippen LogP contribution >= 0.6 is 22.6 Å². The van der Waals surface area contributed by atoms with E-state index in [-0.39, 0.29) is 6.04 Å². The summed E-state index contributed by atoms with van der Waals surface area (Å²) in [6.45, 7) is 0. The van der Waals surface area contributed by atoms with Crippen LogP contribution in [0, 0.1) is 3.57 Å². The molecule has 0 amide bonds. The molecule has 1 unspecified atom stereocenters. The molecule has 82 valence electrons. The van der Waals surface area contributed by atoms with Gasteiger partial charge < -0.3 is 5.73 Å². The van der Waals surface area contributed by atoms with Gasteiger partial charge in [-0.15, -0.1) is 0 Å². The van der Waals surface area contributed by atoms with E-state index in [4.69, 9.17) is 5.73 Å². The molecular weight excluding hydrogens is 313 g/mol. The van der Waals surface area contributed by atoms with Gasteiger partial charge in [-0.3, -0.25) is 0 Å². The Morgan fingerprint density at radius 1 is 1.12 bits per heavy atom. The van der Waals surface area contributed by atoms with E-state index in [0.29, 0.717) is 0 Å². The fraction of sp³-hybridized carbons (Fsp3) is 0.167. The van der Waals surface area contributed by atoms with Gasteiger partial charge in [0.25, 0.3) is 0 Å². The van der Waals surface area contributed by atoms with Gasteiger partial charge in [0.1, 0.15) is 6.33 Å². The van der Waals surface area contributed by atoms with Gasteiger partial charge in [0.15, 0.2) is 0 Å². The quantitative estimate of drug-likeness (QED) is 0.881. The molecule has 2 rings (SSSR count). The average molecular weight is 325 g/mol. The Morgan fingerprint density at radius 2 is 1.75 bits per heavy atom. The number of nitrogens with zero attached hydrogens (tertiary/aromatic N) is 2. The van der Waals surface area contributed by atoms with Crippen molar-refractivity contribution in [3.8, 4) is 0 Å². The van der Waals surface area contributed by atoms with Gasteiger partial charge >= 0.3 is 0 Å². The Labute approximate surface area is 108 Å². The fourth-order valence-electron chi connectivity index (χ4n) is 1.49. The first-order valence-electron chi connectivity index (χ1n) is 5.00. The molecule has 0 aliphatic heterocycles. The molecule has 2 aromatic rings. The normalized spacial score (nSPS) is 12.4. The monoisotopic (exact) mass is 325 g/mol. The third kappa shape index (κ3) is 2.99. The second-order valence-corrected chi connectivity index (χ2v) is 4.85. The first-order valence-corrected chi connectivity index (χ1v) is 6.08. The lowest BCUT2D eigenvalue weighted by molar-refractivity contribution is 0.712. The first-order chi connectivity index (χ1) is 7.75. The summed E-state index contributed by atoms with van der Waals surface area (Å²) in [5.41, 5.74) is 8.29. The van der Waals surface area contributed by atoms with Crippen molar-refractivity contribution in [1.29, 1.82) is 0 Å². The zero-order chi connectivity index (χ0) is 11.4. The minimum absolute atomic E-state index is 0.0405. The summed E-state index contributed by atoms with van der Waals surface area (Å²) in [4.78, 5) is 7.94. The van der Waals surface area contributed by atoms with E-state index < -0.39 is 0 Å². The standard InChI is InChI=1S/C12H12IN3/c13-11-3-1-9(2-4-11)5-12(14)10-6-15-8-16-7-10/h1-4,6-8,12H,5,14H2. The fourth-order valence-corrected chi connectivity index (χ4v) is 1.85. The van der Waals surface area contributed by atoms with E-state index in [0.717, 1.165) is 12.0 Å². The molecule has 0 bridgehead atoms. The van der Waals surface area contributed by atoms with Crippen molar-refractivity contribution in [2.24, 2.45) is 5.73 Å². The molecule has 1 aromatic heterocycles. The molecule has 1 aromatic carbocycles. The molecule has 1 atom stereocenters. The summed E-state index contributed by atoms with van der Waals surface area (Å²) < 4.78 is 1.23. The highest BCUT2D eigenvalue weighted by Gasteiger charge is 2.07. The van der Waals surface area contributed by atoms with E-state index >= 15 is 0 Å². The number of aromatic nitrogens is 2. The van der Waals surface area contributed by atoms with E-state index in [1.807, 2.05) is 0 Å². The topological polar surface area (TPSA) is 51.8 Å². The Balaban J connectivity index is 2.08. The van der Waals surface area contributed by atoms with Crippen LogP contribution in [0.15, 0.2) is 43.0 Å². The molecule has 0 radical (unpaired) electrons. The predicted molar refractivity (Wildman–Crippen MR) is 71.8 cm³/mol. The molecular formula is C12H12IN3. The van der Waals surface area contributed by atoms with Crippen LogP contribution in [0.5, 0.6) is 0 Å². The SMILES string of the molecule is NC(Cc1ccc(I)cc1)c1cncnc1. The number of benzene rings is 1. The zero-order valence-electron chi connectivity index (χ0n) is 8.68. The van der Waals surface area contributed by atoms with Crippen molar-refractivity contribution >= 4 is 22.6 Å². The van der Waals surface area contributed by atoms with Crippen molar-refractivity contribution in [2.45, 2.75) is 12.5 Å². The minimum Gasteiger partial charge on any atom is -0.324 e. The van der Waals surface area contributed by atoms with E-state index in [2.05, 4.69) is 56.8 Å². The van der Waals surface area contributed by atoms with E-state index in [9.17, 15) is 0 Å². The summed E-state index contributed by atoms with van der Waals surface area (Å²) in [5, 5.41) is 0. The van der Waals surface area contributed by atoms with Crippen LogP contribution < -0.4 is 5.73 Å². The van der Waals surface area contributed by atoms with Gasteiger partial charge in [-0.25, -0.2) is 9.97 Å². The summed E-state index contributed by atoms with van der Waals surface area (Å²) in [6, 6.07) is 8.34. The van der Waals surface area contributed by atoms with Crippen LogP contribution in [0.3, 0.4) is 0 Å². The third-order valence-electron chi connectivity index (χ3n) is 2.38. The smallest absolute Gasteiger partial charge is 0.115 e. The van der Waals surface area contributed by atoms with Gasteiger partial charge in [0.05, 0.1) is 0 Å². The largest absolute Gasteiger partial charge is 0.324 e. The van der Waals surface area contributed by atoms with Crippen molar-refractivity contribution in [1.82, 2.24) is 9.97 Å². The second kappa shape index (κ2) is 5.36. The maximum absolute atomic E-state index is 6.08. The lowest BCUT2D eigenvalue weighted by Crippen LogP contribution is -2.13. The molecule has 0 fully saturated rings. The Kier molecular flexibility index (Phi) is 3.84. The number of halogens is 1. The maximum Gasteiger partial charge on any atom is 0.115 e. The molecule has 0 spiro atoms. The van der Waals surface area contributed by atoms with Crippen LogP contribution in [0.2, 0.25) is 0 Å². The third-order valence-corrected chi connectivity index (χ3v) is 3.10. The number of hydrogen-bond acceptors (Lipinski definition) is 3. The second-order valence-electron chi connectivity index (χ2n) is 3.61. The summed E-state index contributed by atoms with van der Waals surface area (Å²) >= 11 is 2.29. The highest BCUT2D eigenvalue weighted by Crippen LogP contribution is 2.15. The lowest BCUT2D eigenvalue weighted by atomic mass is 10.0. The van der Waals surface area contributed by atoms with Gasteiger partial charge in [0, 0.05) is 27.6 Å². The van der Waals surface area contributed by atoms with E-state index in [1.165, 1.54) is 15.5 Å². The van der Waals surface area contributed by atoms with Gasteiger partial charge in [-0.05, 0) is 46.7 Å². The number of nitrogens with two attached hydrogens (primary N) is 1. The van der Waals surface area contributed by atoms with Crippen LogP contribution in [0.1, 0.15) is 17.2 Å². The summed E-state index contributed by atoms with van der Waals surface area (Å²) in [5.74, 6) is 0.